The zero-order valence-electron chi connectivity index (χ0n) is 15.5. The van der Waals surface area contributed by atoms with Crippen molar-refractivity contribution in [2.75, 3.05) is 11.6 Å². The number of rotatable bonds is 4. The van der Waals surface area contributed by atoms with Crippen molar-refractivity contribution in [2.24, 2.45) is 0 Å². The molecule has 0 bridgehead atoms. The van der Waals surface area contributed by atoms with Crippen molar-refractivity contribution >= 4 is 52.7 Å². The van der Waals surface area contributed by atoms with Crippen LogP contribution >= 0.6 is 35.0 Å². The Bertz CT molecular complexity index is 1050. The van der Waals surface area contributed by atoms with Gasteiger partial charge in [-0.05, 0) is 37.4 Å². The quantitative estimate of drug-likeness (QED) is 0.520. The largest absolute Gasteiger partial charge is 0.327 e. The molecule has 0 radical (unpaired) electrons. The van der Waals surface area contributed by atoms with Crippen LogP contribution in [0.15, 0.2) is 53.6 Å². The van der Waals surface area contributed by atoms with E-state index in [0.29, 0.717) is 11.4 Å². The highest BCUT2D eigenvalue weighted by molar-refractivity contribution is 7.98. The number of hydrogen-bond acceptors (Lipinski definition) is 5. The molecule has 3 amide bonds. The van der Waals surface area contributed by atoms with Gasteiger partial charge < -0.3 is 0 Å². The average molecular weight is 447 g/mol. The first-order valence-electron chi connectivity index (χ1n) is 8.43. The van der Waals surface area contributed by atoms with Crippen molar-refractivity contribution in [2.45, 2.75) is 11.8 Å². The molecular weight excluding hydrogens is 431 g/mol. The van der Waals surface area contributed by atoms with Gasteiger partial charge in [0.1, 0.15) is 0 Å². The summed E-state index contributed by atoms with van der Waals surface area (Å²) in [6.07, 6.45) is 3.44. The second-order valence-electron chi connectivity index (χ2n) is 5.92. The molecule has 1 heterocycles. The number of halogens is 2. The van der Waals surface area contributed by atoms with E-state index >= 15 is 0 Å². The number of benzene rings is 2. The number of hydrogen-bond donors (Lipinski definition) is 2. The van der Waals surface area contributed by atoms with Crippen LogP contribution < -0.4 is 10.6 Å². The SMILES string of the molecule is CSc1ccc(-c2ncc(NC(=O)NC(=O)c3c(Cl)cccc3Cl)nc2C)cc1. The Balaban J connectivity index is 1.71. The van der Waals surface area contributed by atoms with Crippen molar-refractivity contribution in [3.63, 3.8) is 0 Å². The van der Waals surface area contributed by atoms with Crippen LogP contribution in [0.25, 0.3) is 11.3 Å². The second kappa shape index (κ2) is 9.26. The molecule has 3 rings (SSSR count). The Hall–Kier alpha value is -2.61. The van der Waals surface area contributed by atoms with Crippen LogP contribution in [0.2, 0.25) is 10.0 Å². The maximum Gasteiger partial charge on any atom is 0.327 e. The molecule has 148 valence electrons. The number of carbonyl (C=O) groups excluding carboxylic acids is 2. The lowest BCUT2D eigenvalue weighted by atomic mass is 10.1. The van der Waals surface area contributed by atoms with Gasteiger partial charge >= 0.3 is 6.03 Å². The minimum atomic E-state index is -0.767. The predicted molar refractivity (Wildman–Crippen MR) is 117 cm³/mol. The number of amides is 3. The molecule has 0 aliphatic heterocycles. The molecule has 0 spiro atoms. The normalized spacial score (nSPS) is 10.5. The number of carbonyl (C=O) groups is 2. The Morgan fingerprint density at radius 3 is 2.28 bits per heavy atom. The van der Waals surface area contributed by atoms with E-state index in [0.717, 1.165) is 10.5 Å². The van der Waals surface area contributed by atoms with E-state index in [-0.39, 0.29) is 21.4 Å². The molecule has 0 unspecified atom stereocenters. The number of aromatic nitrogens is 2. The third-order valence-corrected chi connectivity index (χ3v) is 5.34. The van der Waals surface area contributed by atoms with E-state index < -0.39 is 11.9 Å². The summed E-state index contributed by atoms with van der Waals surface area (Å²) in [6.45, 7) is 1.79. The Morgan fingerprint density at radius 1 is 1.03 bits per heavy atom. The number of nitrogens with one attached hydrogen (secondary N) is 2. The van der Waals surface area contributed by atoms with Crippen molar-refractivity contribution in [1.29, 1.82) is 0 Å². The van der Waals surface area contributed by atoms with Crippen LogP contribution in [0.4, 0.5) is 10.6 Å². The predicted octanol–water partition coefficient (Wildman–Crippen LogP) is 5.44. The van der Waals surface area contributed by atoms with E-state index in [9.17, 15) is 9.59 Å². The minimum Gasteiger partial charge on any atom is -0.291 e. The molecule has 0 saturated carbocycles. The summed E-state index contributed by atoms with van der Waals surface area (Å²) in [7, 11) is 0. The number of thioether (sulfide) groups is 1. The van der Waals surface area contributed by atoms with Gasteiger partial charge in [0.2, 0.25) is 0 Å². The van der Waals surface area contributed by atoms with Gasteiger partial charge in [0.05, 0.1) is 33.2 Å². The Morgan fingerprint density at radius 2 is 1.69 bits per heavy atom. The first kappa shape index (κ1) is 21.1. The summed E-state index contributed by atoms with van der Waals surface area (Å²) in [4.78, 5) is 34.3. The zero-order valence-corrected chi connectivity index (χ0v) is 17.8. The highest BCUT2D eigenvalue weighted by atomic mass is 35.5. The van der Waals surface area contributed by atoms with E-state index in [1.165, 1.54) is 18.3 Å². The second-order valence-corrected chi connectivity index (χ2v) is 7.62. The molecule has 2 aromatic carbocycles. The Labute approximate surface area is 182 Å². The number of nitrogens with zero attached hydrogens (tertiary/aromatic N) is 2. The molecular formula is C20H16Cl2N4O2S. The summed E-state index contributed by atoms with van der Waals surface area (Å²) in [5.74, 6) is -0.504. The van der Waals surface area contributed by atoms with Crippen LogP contribution in [0.1, 0.15) is 16.1 Å². The van der Waals surface area contributed by atoms with Gasteiger partial charge in [-0.2, -0.15) is 0 Å². The summed E-state index contributed by atoms with van der Waals surface area (Å²) in [5, 5.41) is 4.96. The first-order valence-corrected chi connectivity index (χ1v) is 10.4. The molecule has 1 aromatic heterocycles. The number of aryl methyl sites for hydroxylation is 1. The molecule has 0 aliphatic rings. The molecule has 3 aromatic rings. The summed E-state index contributed by atoms with van der Waals surface area (Å²) < 4.78 is 0. The fourth-order valence-electron chi connectivity index (χ4n) is 2.60. The van der Waals surface area contributed by atoms with Crippen LogP contribution in [-0.2, 0) is 0 Å². The van der Waals surface area contributed by atoms with Gasteiger partial charge in [0.25, 0.3) is 5.91 Å². The van der Waals surface area contributed by atoms with Crippen LogP contribution in [-0.4, -0.2) is 28.2 Å². The van der Waals surface area contributed by atoms with Crippen molar-refractivity contribution < 1.29 is 9.59 Å². The summed E-state index contributed by atoms with van der Waals surface area (Å²) in [6, 6.07) is 11.8. The van der Waals surface area contributed by atoms with Gasteiger partial charge in [0, 0.05) is 10.5 Å². The molecule has 29 heavy (non-hydrogen) atoms. The highest BCUT2D eigenvalue weighted by Gasteiger charge is 2.17. The summed E-state index contributed by atoms with van der Waals surface area (Å²) >= 11 is 13.6. The number of anilines is 1. The zero-order chi connectivity index (χ0) is 21.0. The molecule has 9 heteroatoms. The number of urea groups is 1. The third-order valence-electron chi connectivity index (χ3n) is 3.97. The van der Waals surface area contributed by atoms with Gasteiger partial charge in [-0.3, -0.25) is 20.4 Å². The van der Waals surface area contributed by atoms with Gasteiger partial charge in [-0.1, -0.05) is 41.4 Å². The molecule has 0 aliphatic carbocycles. The lowest BCUT2D eigenvalue weighted by molar-refractivity contribution is 0.0967. The Kier molecular flexibility index (Phi) is 6.74. The maximum atomic E-state index is 12.3. The molecule has 0 fully saturated rings. The maximum absolute atomic E-state index is 12.3. The third kappa shape index (κ3) is 5.06. The highest BCUT2D eigenvalue weighted by Crippen LogP contribution is 2.25. The monoisotopic (exact) mass is 446 g/mol. The molecule has 6 nitrogen and oxygen atoms in total. The first-order chi connectivity index (χ1) is 13.9. The fourth-order valence-corrected chi connectivity index (χ4v) is 3.58. The van der Waals surface area contributed by atoms with E-state index in [1.54, 1.807) is 24.8 Å². The summed E-state index contributed by atoms with van der Waals surface area (Å²) in [5.41, 5.74) is 2.30. The average Bonchev–Trinajstić information content (AvgIpc) is 2.68. The van der Waals surface area contributed by atoms with Crippen LogP contribution in [0, 0.1) is 6.92 Å². The minimum absolute atomic E-state index is 0.0253. The fraction of sp³-hybridized carbons (Fsp3) is 0.100. The topological polar surface area (TPSA) is 84.0 Å². The van der Waals surface area contributed by atoms with Crippen molar-refractivity contribution in [1.82, 2.24) is 15.3 Å². The van der Waals surface area contributed by atoms with Gasteiger partial charge in [-0.25, -0.2) is 9.78 Å². The lowest BCUT2D eigenvalue weighted by Gasteiger charge is -2.10. The van der Waals surface area contributed by atoms with Crippen molar-refractivity contribution in [3.8, 4) is 11.3 Å². The number of imide groups is 1. The molecule has 0 saturated heterocycles. The van der Waals surface area contributed by atoms with Crippen molar-refractivity contribution in [3.05, 3.63) is 70.0 Å². The van der Waals surface area contributed by atoms with E-state index in [2.05, 4.69) is 20.6 Å². The van der Waals surface area contributed by atoms with E-state index in [1.807, 2.05) is 30.5 Å². The van der Waals surface area contributed by atoms with Gasteiger partial charge in [0.15, 0.2) is 5.82 Å². The molecule has 0 atom stereocenters. The smallest absolute Gasteiger partial charge is 0.291 e. The van der Waals surface area contributed by atoms with Crippen LogP contribution in [0.3, 0.4) is 0 Å². The lowest BCUT2D eigenvalue weighted by Crippen LogP contribution is -2.35. The van der Waals surface area contributed by atoms with Crippen LogP contribution in [0.5, 0.6) is 0 Å². The van der Waals surface area contributed by atoms with Gasteiger partial charge in [-0.15, -0.1) is 11.8 Å². The van der Waals surface area contributed by atoms with E-state index in [4.69, 9.17) is 23.2 Å². The standard InChI is InChI=1S/C20H16Cl2N4O2S/c1-11-18(12-6-8-13(29-2)9-7-12)23-10-16(24-11)25-20(28)26-19(27)17-14(21)4-3-5-15(17)22/h3-10H,1-2H3,(H2,24,25,26,27,28). The molecule has 2 N–H and O–H groups in total.